The van der Waals surface area contributed by atoms with Crippen LogP contribution in [0.25, 0.3) is 11.1 Å². The summed E-state index contributed by atoms with van der Waals surface area (Å²) in [5, 5.41) is 0. The van der Waals surface area contributed by atoms with Crippen LogP contribution >= 0.6 is 11.8 Å². The van der Waals surface area contributed by atoms with Gasteiger partial charge in [-0.05, 0) is 30.3 Å². The van der Waals surface area contributed by atoms with Gasteiger partial charge in [-0.15, -0.1) is 11.8 Å². The lowest BCUT2D eigenvalue weighted by molar-refractivity contribution is 0.505. The fourth-order valence-electron chi connectivity index (χ4n) is 2.05. The Hall–Kier alpha value is -2.08. The predicted molar refractivity (Wildman–Crippen MR) is 77.6 cm³/mol. The minimum atomic E-state index is -0.870. The van der Waals surface area contributed by atoms with Gasteiger partial charge in [0.2, 0.25) is 0 Å². The molecule has 0 N–H and O–H groups in total. The second-order valence-corrected chi connectivity index (χ2v) is 5.58. The number of benzene rings is 2. The molecule has 1 aromatic heterocycles. The second kappa shape index (κ2) is 5.73. The van der Waals surface area contributed by atoms with Crippen LogP contribution in [0.4, 0.5) is 8.78 Å². The Labute approximate surface area is 123 Å². The molecule has 2 aromatic carbocycles. The van der Waals surface area contributed by atoms with E-state index in [4.69, 9.17) is 4.42 Å². The zero-order valence-electron chi connectivity index (χ0n) is 10.9. The van der Waals surface area contributed by atoms with Crippen LogP contribution in [0.1, 0.15) is 0 Å². The summed E-state index contributed by atoms with van der Waals surface area (Å²) in [6.45, 7) is 0.430. The van der Waals surface area contributed by atoms with Crippen molar-refractivity contribution in [1.82, 2.24) is 4.57 Å². The molecule has 3 rings (SSSR count). The van der Waals surface area contributed by atoms with Crippen molar-refractivity contribution in [2.45, 2.75) is 11.4 Å². The summed E-state index contributed by atoms with van der Waals surface area (Å²) in [5.74, 6) is -1.60. The average Bonchev–Trinajstić information content (AvgIpc) is 2.79. The van der Waals surface area contributed by atoms with E-state index in [0.717, 1.165) is 17.6 Å². The molecule has 0 spiro atoms. The first-order chi connectivity index (χ1) is 10.1. The van der Waals surface area contributed by atoms with E-state index in [1.165, 1.54) is 22.4 Å². The molecule has 3 nitrogen and oxygen atoms in total. The SMILES string of the molecule is O=c1oc2ccccc2n1CCSc1ccc(F)c(F)c1. The summed E-state index contributed by atoms with van der Waals surface area (Å²) in [6.07, 6.45) is 0. The molecule has 3 aromatic rings. The van der Waals surface area contributed by atoms with Gasteiger partial charge in [-0.1, -0.05) is 12.1 Å². The molecule has 108 valence electrons. The highest BCUT2D eigenvalue weighted by molar-refractivity contribution is 7.99. The van der Waals surface area contributed by atoms with Gasteiger partial charge in [-0.3, -0.25) is 4.57 Å². The Balaban J connectivity index is 1.73. The normalized spacial score (nSPS) is 11.1. The number of aryl methyl sites for hydroxylation is 1. The molecule has 0 radical (unpaired) electrons. The maximum Gasteiger partial charge on any atom is 0.419 e. The number of thioether (sulfide) groups is 1. The number of aromatic nitrogens is 1. The molecule has 0 saturated heterocycles. The Kier molecular flexibility index (Phi) is 3.79. The molecular weight excluding hydrogens is 296 g/mol. The number of oxazole rings is 1. The van der Waals surface area contributed by atoms with Crippen molar-refractivity contribution in [1.29, 1.82) is 0 Å². The number of rotatable bonds is 4. The van der Waals surface area contributed by atoms with E-state index in [1.54, 1.807) is 12.1 Å². The van der Waals surface area contributed by atoms with Gasteiger partial charge in [0.25, 0.3) is 0 Å². The first kappa shape index (κ1) is 13.9. The highest BCUT2D eigenvalue weighted by Gasteiger charge is 2.08. The third-order valence-corrected chi connectivity index (χ3v) is 4.02. The van der Waals surface area contributed by atoms with E-state index in [2.05, 4.69) is 0 Å². The minimum Gasteiger partial charge on any atom is -0.408 e. The van der Waals surface area contributed by atoms with Crippen molar-refractivity contribution in [3.63, 3.8) is 0 Å². The van der Waals surface area contributed by atoms with Gasteiger partial charge < -0.3 is 4.42 Å². The van der Waals surface area contributed by atoms with Crippen LogP contribution < -0.4 is 5.76 Å². The van der Waals surface area contributed by atoms with Crippen molar-refractivity contribution in [3.05, 3.63) is 64.6 Å². The summed E-state index contributed by atoms with van der Waals surface area (Å²) in [7, 11) is 0. The van der Waals surface area contributed by atoms with Crippen LogP contribution in [0.3, 0.4) is 0 Å². The molecule has 21 heavy (non-hydrogen) atoms. The lowest BCUT2D eigenvalue weighted by atomic mass is 10.3. The van der Waals surface area contributed by atoms with E-state index in [-0.39, 0.29) is 0 Å². The first-order valence-corrected chi connectivity index (χ1v) is 7.30. The molecule has 0 atom stereocenters. The third-order valence-electron chi connectivity index (χ3n) is 3.05. The lowest BCUT2D eigenvalue weighted by Gasteiger charge is -2.03. The van der Waals surface area contributed by atoms with Crippen molar-refractivity contribution in [2.24, 2.45) is 0 Å². The Morgan fingerprint density at radius 1 is 1.10 bits per heavy atom. The molecule has 0 unspecified atom stereocenters. The molecule has 0 saturated carbocycles. The fraction of sp³-hybridized carbons (Fsp3) is 0.133. The van der Waals surface area contributed by atoms with Crippen LogP contribution in [0, 0.1) is 11.6 Å². The highest BCUT2D eigenvalue weighted by atomic mass is 32.2. The monoisotopic (exact) mass is 307 g/mol. The van der Waals surface area contributed by atoms with Crippen LogP contribution in [0.2, 0.25) is 0 Å². The first-order valence-electron chi connectivity index (χ1n) is 6.31. The zero-order chi connectivity index (χ0) is 14.8. The molecule has 0 aliphatic carbocycles. The van der Waals surface area contributed by atoms with Gasteiger partial charge in [-0.2, -0.15) is 0 Å². The summed E-state index contributed by atoms with van der Waals surface area (Å²) < 4.78 is 32.6. The second-order valence-electron chi connectivity index (χ2n) is 4.41. The average molecular weight is 307 g/mol. The number of halogens is 2. The third kappa shape index (κ3) is 2.85. The van der Waals surface area contributed by atoms with Crippen LogP contribution in [-0.4, -0.2) is 10.3 Å². The number of nitrogens with zero attached hydrogens (tertiary/aromatic N) is 1. The Morgan fingerprint density at radius 2 is 1.90 bits per heavy atom. The predicted octanol–water partition coefficient (Wildman–Crippen LogP) is 3.67. The van der Waals surface area contributed by atoms with E-state index in [9.17, 15) is 13.6 Å². The summed E-state index contributed by atoms with van der Waals surface area (Å²) in [6, 6.07) is 10.9. The van der Waals surface area contributed by atoms with Crippen molar-refractivity contribution in [2.75, 3.05) is 5.75 Å². The van der Waals surface area contributed by atoms with Crippen LogP contribution in [-0.2, 0) is 6.54 Å². The van der Waals surface area contributed by atoms with Gasteiger partial charge >= 0.3 is 5.76 Å². The number of para-hydroxylation sites is 2. The van der Waals surface area contributed by atoms with Crippen LogP contribution in [0.5, 0.6) is 0 Å². The van der Waals surface area contributed by atoms with E-state index >= 15 is 0 Å². The Morgan fingerprint density at radius 3 is 2.71 bits per heavy atom. The lowest BCUT2D eigenvalue weighted by Crippen LogP contribution is -2.15. The van der Waals surface area contributed by atoms with E-state index < -0.39 is 17.4 Å². The molecule has 0 bridgehead atoms. The quantitative estimate of drug-likeness (QED) is 0.690. The zero-order valence-corrected chi connectivity index (χ0v) is 11.7. The smallest absolute Gasteiger partial charge is 0.408 e. The molecule has 0 fully saturated rings. The van der Waals surface area contributed by atoms with Crippen molar-refractivity contribution in [3.8, 4) is 0 Å². The molecule has 6 heteroatoms. The molecule has 1 heterocycles. The van der Waals surface area contributed by atoms with Gasteiger partial charge in [-0.25, -0.2) is 13.6 Å². The topological polar surface area (TPSA) is 35.1 Å². The molecular formula is C15H11F2NO2S. The standard InChI is InChI=1S/C15H11F2NO2S/c16-11-6-5-10(9-12(11)17)21-8-7-18-13-3-1-2-4-14(13)20-15(18)19/h1-6,9H,7-8H2. The van der Waals surface area contributed by atoms with Gasteiger partial charge in [0.15, 0.2) is 17.2 Å². The number of fused-ring (bicyclic) bond motifs is 1. The molecule has 0 amide bonds. The summed E-state index contributed by atoms with van der Waals surface area (Å²) >= 11 is 1.35. The van der Waals surface area contributed by atoms with Crippen LogP contribution in [0.15, 0.2) is 56.6 Å². The van der Waals surface area contributed by atoms with E-state index in [0.29, 0.717) is 22.8 Å². The summed E-state index contributed by atoms with van der Waals surface area (Å²) in [4.78, 5) is 12.4. The number of hydrogen-bond acceptors (Lipinski definition) is 3. The summed E-state index contributed by atoms with van der Waals surface area (Å²) in [5.41, 5.74) is 1.27. The van der Waals surface area contributed by atoms with Gasteiger partial charge in [0, 0.05) is 17.2 Å². The fourth-order valence-corrected chi connectivity index (χ4v) is 2.91. The van der Waals surface area contributed by atoms with Gasteiger partial charge in [0.1, 0.15) is 0 Å². The molecule has 0 aliphatic heterocycles. The molecule has 0 aliphatic rings. The largest absolute Gasteiger partial charge is 0.419 e. The maximum absolute atomic E-state index is 13.1. The highest BCUT2D eigenvalue weighted by Crippen LogP contribution is 2.21. The van der Waals surface area contributed by atoms with Gasteiger partial charge in [0.05, 0.1) is 5.52 Å². The van der Waals surface area contributed by atoms with Crippen molar-refractivity contribution >= 4 is 22.9 Å². The number of hydrogen-bond donors (Lipinski definition) is 0. The maximum atomic E-state index is 13.1. The minimum absolute atomic E-state index is 0.415. The Bertz CT molecular complexity index is 841. The van der Waals surface area contributed by atoms with Crippen molar-refractivity contribution < 1.29 is 13.2 Å². The van der Waals surface area contributed by atoms with E-state index in [1.807, 2.05) is 12.1 Å².